The van der Waals surface area contributed by atoms with Gasteiger partial charge in [-0.05, 0) is 37.1 Å². The Labute approximate surface area is 124 Å². The van der Waals surface area contributed by atoms with Crippen LogP contribution < -0.4 is 9.88 Å². The smallest absolute Gasteiger partial charge is 0.263 e. The van der Waals surface area contributed by atoms with Gasteiger partial charge in [-0.15, -0.1) is 0 Å². The van der Waals surface area contributed by atoms with E-state index in [1.807, 2.05) is 13.8 Å². The number of likely N-dealkylation sites (N-methyl/N-ethyl adjacent to an activating group) is 1. The first-order chi connectivity index (χ1) is 9.74. The van der Waals surface area contributed by atoms with E-state index in [1.165, 1.54) is 12.1 Å². The lowest BCUT2D eigenvalue weighted by Crippen LogP contribution is -2.43. The highest BCUT2D eigenvalue weighted by Crippen LogP contribution is 2.31. The van der Waals surface area contributed by atoms with Crippen LogP contribution in [0, 0.1) is 0 Å². The Balaban J connectivity index is 2.18. The Bertz CT molecular complexity index is 657. The maximum atomic E-state index is 12.4. The fourth-order valence-electron chi connectivity index (χ4n) is 2.26. The van der Waals surface area contributed by atoms with Gasteiger partial charge in [0.2, 0.25) is 10.0 Å². The third-order valence-electron chi connectivity index (χ3n) is 3.91. The van der Waals surface area contributed by atoms with Crippen LogP contribution in [-0.2, 0) is 21.2 Å². The zero-order valence-electron chi connectivity index (χ0n) is 12.4. The van der Waals surface area contributed by atoms with E-state index in [-0.39, 0.29) is 16.8 Å². The first-order valence-corrected chi connectivity index (χ1v) is 8.37. The second kappa shape index (κ2) is 5.65. The summed E-state index contributed by atoms with van der Waals surface area (Å²) in [7, 11) is -2.00. The molecule has 1 aromatic carbocycles. The minimum Gasteiger partial charge on any atom is -0.480 e. The van der Waals surface area contributed by atoms with Gasteiger partial charge in [0.15, 0.2) is 6.10 Å². The molecule has 0 aliphatic carbocycles. The van der Waals surface area contributed by atoms with Gasteiger partial charge in [-0.3, -0.25) is 4.79 Å². The highest BCUT2D eigenvalue weighted by Gasteiger charge is 2.33. The lowest BCUT2D eigenvalue weighted by Gasteiger charge is -2.26. The average Bonchev–Trinajstić information content (AvgIpc) is 2.86. The molecule has 2 rings (SSSR count). The largest absolute Gasteiger partial charge is 0.480 e. The van der Waals surface area contributed by atoms with Gasteiger partial charge >= 0.3 is 0 Å². The number of sulfonamides is 1. The van der Waals surface area contributed by atoms with Gasteiger partial charge < -0.3 is 9.64 Å². The van der Waals surface area contributed by atoms with Crippen molar-refractivity contribution < 1.29 is 17.9 Å². The predicted molar refractivity (Wildman–Crippen MR) is 78.5 cm³/mol. The van der Waals surface area contributed by atoms with Crippen LogP contribution in [0.25, 0.3) is 0 Å². The highest BCUT2D eigenvalue weighted by atomic mass is 32.2. The van der Waals surface area contributed by atoms with Gasteiger partial charge in [0.25, 0.3) is 5.91 Å². The van der Waals surface area contributed by atoms with Crippen molar-refractivity contribution in [3.8, 4) is 5.75 Å². The van der Waals surface area contributed by atoms with Crippen LogP contribution in [0.15, 0.2) is 23.1 Å². The van der Waals surface area contributed by atoms with E-state index in [4.69, 9.17) is 9.88 Å². The summed E-state index contributed by atoms with van der Waals surface area (Å²) in [5.41, 5.74) is 0.692. The molecule has 0 saturated heterocycles. The number of nitrogens with two attached hydrogens (primary N) is 1. The molecule has 1 amide bonds. The first kappa shape index (κ1) is 15.8. The summed E-state index contributed by atoms with van der Waals surface area (Å²) in [5, 5.41) is 5.11. The normalized spacial score (nSPS) is 18.8. The molecule has 2 atom stereocenters. The molecule has 6 nitrogen and oxygen atoms in total. The Kier molecular flexibility index (Phi) is 4.25. The molecule has 0 fully saturated rings. The Morgan fingerprint density at radius 1 is 1.52 bits per heavy atom. The molecule has 0 aromatic heterocycles. The number of ether oxygens (including phenoxy) is 1. The zero-order valence-corrected chi connectivity index (χ0v) is 13.2. The highest BCUT2D eigenvalue weighted by molar-refractivity contribution is 7.89. The summed E-state index contributed by atoms with van der Waals surface area (Å²) in [4.78, 5) is 14.1. The molecule has 7 heteroatoms. The summed E-state index contributed by atoms with van der Waals surface area (Å²) < 4.78 is 28.3. The summed E-state index contributed by atoms with van der Waals surface area (Å²) in [6.07, 6.45) is 0.616. The molecule has 0 radical (unpaired) electrons. The average molecular weight is 312 g/mol. The number of amides is 1. The number of hydrogen-bond donors (Lipinski definition) is 1. The number of hydrogen-bond acceptors (Lipinski definition) is 4. The van der Waals surface area contributed by atoms with E-state index in [0.717, 1.165) is 6.42 Å². The van der Waals surface area contributed by atoms with Crippen LogP contribution in [0.3, 0.4) is 0 Å². The third-order valence-corrected chi connectivity index (χ3v) is 4.82. The van der Waals surface area contributed by atoms with Crippen molar-refractivity contribution in [2.45, 2.75) is 43.7 Å². The Morgan fingerprint density at radius 3 is 2.76 bits per heavy atom. The number of benzene rings is 1. The van der Waals surface area contributed by atoms with Crippen molar-refractivity contribution in [3.63, 3.8) is 0 Å². The van der Waals surface area contributed by atoms with E-state index in [0.29, 0.717) is 17.7 Å². The molecule has 1 aromatic rings. The third kappa shape index (κ3) is 3.19. The Hall–Kier alpha value is -1.60. The zero-order chi connectivity index (χ0) is 15.8. The summed E-state index contributed by atoms with van der Waals surface area (Å²) in [6, 6.07) is 4.54. The molecule has 116 valence electrons. The fraction of sp³-hybridized carbons (Fsp3) is 0.500. The number of carbonyl (C=O) groups excluding carboxylic acids is 1. The van der Waals surface area contributed by atoms with Gasteiger partial charge in [-0.1, -0.05) is 6.92 Å². The van der Waals surface area contributed by atoms with Crippen molar-refractivity contribution in [3.05, 3.63) is 23.8 Å². The monoisotopic (exact) mass is 312 g/mol. The first-order valence-electron chi connectivity index (χ1n) is 6.83. The lowest BCUT2D eigenvalue weighted by molar-refractivity contribution is -0.138. The number of carbonyl (C=O) groups is 1. The van der Waals surface area contributed by atoms with Crippen molar-refractivity contribution in [2.24, 2.45) is 5.14 Å². The van der Waals surface area contributed by atoms with Crippen molar-refractivity contribution >= 4 is 15.9 Å². The van der Waals surface area contributed by atoms with Crippen LogP contribution in [0.1, 0.15) is 25.8 Å². The van der Waals surface area contributed by atoms with Gasteiger partial charge in [-0.2, -0.15) is 0 Å². The van der Waals surface area contributed by atoms with Gasteiger partial charge in [0.1, 0.15) is 5.75 Å². The molecular formula is C14H20N2O4S. The second-order valence-electron chi connectivity index (χ2n) is 5.33. The van der Waals surface area contributed by atoms with Gasteiger partial charge in [0, 0.05) is 19.5 Å². The molecule has 2 N–H and O–H groups in total. The van der Waals surface area contributed by atoms with Gasteiger partial charge in [0.05, 0.1) is 4.90 Å². The molecule has 1 aliphatic heterocycles. The Morgan fingerprint density at radius 2 is 2.19 bits per heavy atom. The summed E-state index contributed by atoms with van der Waals surface area (Å²) in [6.45, 7) is 3.98. The van der Waals surface area contributed by atoms with Crippen molar-refractivity contribution in [2.75, 3.05) is 7.05 Å². The predicted octanol–water partition coefficient (Wildman–Crippen LogP) is 0.894. The van der Waals surface area contributed by atoms with Crippen LogP contribution in [0.2, 0.25) is 0 Å². The van der Waals surface area contributed by atoms with Crippen molar-refractivity contribution in [1.29, 1.82) is 0 Å². The fourth-order valence-corrected chi connectivity index (χ4v) is 2.82. The standard InChI is InChI=1S/C14H20N2O4S/c1-4-9(2)16(3)14(17)13-8-10-7-11(21(15,18)19)5-6-12(10)20-13/h5-7,9,13H,4,8H2,1-3H3,(H2,15,18,19). The van der Waals surface area contributed by atoms with Crippen molar-refractivity contribution in [1.82, 2.24) is 4.90 Å². The molecule has 2 unspecified atom stereocenters. The SMILES string of the molecule is CCC(C)N(C)C(=O)C1Cc2cc(S(N)(=O)=O)ccc2O1. The maximum absolute atomic E-state index is 12.4. The minimum atomic E-state index is -3.75. The summed E-state index contributed by atoms with van der Waals surface area (Å²) in [5.74, 6) is 0.441. The molecule has 21 heavy (non-hydrogen) atoms. The number of rotatable bonds is 4. The number of primary sulfonamides is 1. The molecule has 1 aliphatic rings. The second-order valence-corrected chi connectivity index (χ2v) is 6.89. The van der Waals surface area contributed by atoms with Crippen LogP contribution in [0.4, 0.5) is 0 Å². The van der Waals surface area contributed by atoms with E-state index in [1.54, 1.807) is 18.0 Å². The molecule has 0 spiro atoms. The quantitative estimate of drug-likeness (QED) is 0.894. The topological polar surface area (TPSA) is 89.7 Å². The summed E-state index contributed by atoms with van der Waals surface area (Å²) >= 11 is 0. The van der Waals surface area contributed by atoms with E-state index in [9.17, 15) is 13.2 Å². The molecular weight excluding hydrogens is 292 g/mol. The van der Waals surface area contributed by atoms with Crippen LogP contribution in [0.5, 0.6) is 5.75 Å². The molecule has 1 heterocycles. The molecule has 0 bridgehead atoms. The van der Waals surface area contributed by atoms with E-state index in [2.05, 4.69) is 0 Å². The number of fused-ring (bicyclic) bond motifs is 1. The van der Waals surface area contributed by atoms with Crippen LogP contribution >= 0.6 is 0 Å². The minimum absolute atomic E-state index is 0.0354. The van der Waals surface area contributed by atoms with E-state index >= 15 is 0 Å². The maximum Gasteiger partial charge on any atom is 0.263 e. The lowest BCUT2D eigenvalue weighted by atomic mass is 10.1. The van der Waals surface area contributed by atoms with Crippen LogP contribution in [-0.4, -0.2) is 38.4 Å². The van der Waals surface area contributed by atoms with Gasteiger partial charge in [-0.25, -0.2) is 13.6 Å². The molecule has 0 saturated carbocycles. The number of nitrogens with zero attached hydrogens (tertiary/aromatic N) is 1. The van der Waals surface area contributed by atoms with E-state index < -0.39 is 16.1 Å².